The zero-order chi connectivity index (χ0) is 24.4. The van der Waals surface area contributed by atoms with Crippen molar-refractivity contribution in [1.82, 2.24) is 19.9 Å². The monoisotopic (exact) mass is 463 g/mol. The summed E-state index contributed by atoms with van der Waals surface area (Å²) in [5.41, 5.74) is 1.54. The van der Waals surface area contributed by atoms with Gasteiger partial charge >= 0.3 is 5.97 Å². The Labute approximate surface area is 195 Å². The number of carbonyl (C=O) groups is 3. The van der Waals surface area contributed by atoms with Gasteiger partial charge in [-0.25, -0.2) is 9.36 Å². The highest BCUT2D eigenvalue weighted by atomic mass is 16.5. The number of aryl methyl sites for hydroxylation is 2. The summed E-state index contributed by atoms with van der Waals surface area (Å²) in [6.07, 6.45) is 9.17. The molecule has 1 atom stereocenters. The average Bonchev–Trinajstić information content (AvgIpc) is 3.52. The summed E-state index contributed by atoms with van der Waals surface area (Å²) in [6.45, 7) is 4.15. The smallest absolute Gasteiger partial charge is 0.354 e. The number of amides is 1. The van der Waals surface area contributed by atoms with Crippen molar-refractivity contribution in [3.8, 4) is 0 Å². The van der Waals surface area contributed by atoms with Gasteiger partial charge in [-0.2, -0.15) is 0 Å². The lowest BCUT2D eigenvalue weighted by atomic mass is 9.95. The number of methoxy groups -OCH3 is 1. The van der Waals surface area contributed by atoms with E-state index in [2.05, 4.69) is 15.0 Å². The second kappa shape index (κ2) is 9.34. The number of ether oxygens (including phenoxy) is 1. The van der Waals surface area contributed by atoms with Crippen molar-refractivity contribution in [1.29, 1.82) is 0 Å². The number of hydrogen-bond donors (Lipinski definition) is 2. The lowest BCUT2D eigenvalue weighted by Gasteiger charge is -2.27. The lowest BCUT2D eigenvalue weighted by Crippen LogP contribution is -2.36. The van der Waals surface area contributed by atoms with Crippen molar-refractivity contribution in [3.05, 3.63) is 76.9 Å². The standard InChI is InChI=1S/C24H25N5O5/c1-14-17(15(2)27-19(14)24(33)34-3)21(30)18-20(16-6-4-7-25-12-16)29(23(32)22(18)31)10-5-9-28-11-8-26-13-28/h4,6-8,11-13,20H,5,9-10H2,1-3H3,(H2,27,30,31,33). The highest BCUT2D eigenvalue weighted by Crippen LogP contribution is 2.39. The SMILES string of the molecule is COC(=O)c1[nH]c(C)c(C([O-])=C2C(=O)C(=O)N(CCC[n+]3cc[nH]c3)C2c2cccnc2)c1C. The molecule has 1 saturated heterocycles. The number of esters is 1. The molecule has 0 radical (unpaired) electrons. The van der Waals surface area contributed by atoms with Gasteiger partial charge in [-0.15, -0.1) is 0 Å². The highest BCUT2D eigenvalue weighted by molar-refractivity contribution is 6.46. The molecule has 1 aliphatic heterocycles. The molecule has 176 valence electrons. The molecule has 10 heteroatoms. The van der Waals surface area contributed by atoms with Crippen LogP contribution in [-0.4, -0.2) is 51.2 Å². The van der Waals surface area contributed by atoms with E-state index in [4.69, 9.17) is 4.74 Å². The fraction of sp³-hybridized carbons (Fsp3) is 0.292. The van der Waals surface area contributed by atoms with Crippen LogP contribution in [0.5, 0.6) is 0 Å². The van der Waals surface area contributed by atoms with Crippen LogP contribution in [0.4, 0.5) is 0 Å². The second-order valence-corrected chi connectivity index (χ2v) is 8.08. The summed E-state index contributed by atoms with van der Waals surface area (Å²) < 4.78 is 6.71. The molecule has 3 aromatic rings. The van der Waals surface area contributed by atoms with Crippen molar-refractivity contribution in [2.24, 2.45) is 0 Å². The molecule has 1 fully saturated rings. The molecule has 1 aliphatic rings. The number of likely N-dealkylation sites (tertiary alicyclic amines) is 1. The maximum absolute atomic E-state index is 13.7. The number of Topliss-reactive ketones (excluding diaryl/α,β-unsaturated/α-hetero) is 1. The number of aromatic nitrogens is 4. The number of aromatic amines is 2. The molecule has 1 amide bonds. The molecule has 10 nitrogen and oxygen atoms in total. The van der Waals surface area contributed by atoms with Crippen molar-refractivity contribution in [2.75, 3.05) is 13.7 Å². The minimum absolute atomic E-state index is 0.138. The number of rotatable bonds is 7. The predicted molar refractivity (Wildman–Crippen MR) is 118 cm³/mol. The molecule has 1 unspecified atom stereocenters. The summed E-state index contributed by atoms with van der Waals surface area (Å²) in [7, 11) is 1.25. The molecule has 4 rings (SSSR count). The van der Waals surface area contributed by atoms with Crippen LogP contribution in [-0.2, 0) is 20.9 Å². The van der Waals surface area contributed by atoms with Gasteiger partial charge in [0.25, 0.3) is 5.91 Å². The van der Waals surface area contributed by atoms with E-state index in [-0.39, 0.29) is 23.4 Å². The van der Waals surface area contributed by atoms with Crippen molar-refractivity contribution < 1.29 is 28.8 Å². The van der Waals surface area contributed by atoms with E-state index in [0.717, 1.165) is 0 Å². The number of pyridine rings is 1. The van der Waals surface area contributed by atoms with E-state index in [1.807, 2.05) is 10.8 Å². The third kappa shape index (κ3) is 3.98. The average molecular weight is 463 g/mol. The fourth-order valence-electron chi connectivity index (χ4n) is 4.40. The summed E-state index contributed by atoms with van der Waals surface area (Å²) in [5.74, 6) is -2.77. The Morgan fingerprint density at radius 3 is 2.76 bits per heavy atom. The number of carbonyl (C=O) groups excluding carboxylic acids is 3. The Morgan fingerprint density at radius 2 is 2.12 bits per heavy atom. The van der Waals surface area contributed by atoms with Crippen molar-refractivity contribution >= 4 is 23.4 Å². The van der Waals surface area contributed by atoms with Crippen LogP contribution in [0.1, 0.15) is 45.3 Å². The Hall–Kier alpha value is -4.21. The molecule has 0 aliphatic carbocycles. The van der Waals surface area contributed by atoms with Crippen LogP contribution in [0.3, 0.4) is 0 Å². The van der Waals surface area contributed by atoms with E-state index in [1.54, 1.807) is 50.9 Å². The van der Waals surface area contributed by atoms with Crippen LogP contribution in [0, 0.1) is 13.8 Å². The molecule has 3 aromatic heterocycles. The Balaban J connectivity index is 1.78. The van der Waals surface area contributed by atoms with Gasteiger partial charge in [0.1, 0.15) is 18.1 Å². The minimum atomic E-state index is -0.868. The number of nitrogens with zero attached hydrogens (tertiary/aromatic N) is 3. The van der Waals surface area contributed by atoms with Gasteiger partial charge < -0.3 is 19.7 Å². The first kappa shape index (κ1) is 23.0. The van der Waals surface area contributed by atoms with Gasteiger partial charge in [-0.05, 0) is 36.6 Å². The van der Waals surface area contributed by atoms with E-state index in [9.17, 15) is 19.5 Å². The Kier molecular flexibility index (Phi) is 6.31. The van der Waals surface area contributed by atoms with Gasteiger partial charge in [0, 0.05) is 36.6 Å². The topological polar surface area (TPSA) is 135 Å². The largest absolute Gasteiger partial charge is 0.872 e. The summed E-state index contributed by atoms with van der Waals surface area (Å²) >= 11 is 0. The summed E-state index contributed by atoms with van der Waals surface area (Å²) in [6, 6.07) is 2.56. The third-order valence-electron chi connectivity index (χ3n) is 6.00. The van der Waals surface area contributed by atoms with Crippen LogP contribution >= 0.6 is 0 Å². The number of hydrogen-bond acceptors (Lipinski definition) is 6. The first-order valence-electron chi connectivity index (χ1n) is 10.8. The Bertz CT molecular complexity index is 1260. The van der Waals surface area contributed by atoms with Gasteiger partial charge in [-0.1, -0.05) is 11.8 Å². The Morgan fingerprint density at radius 1 is 1.32 bits per heavy atom. The van der Waals surface area contributed by atoms with Crippen LogP contribution in [0.2, 0.25) is 0 Å². The fourth-order valence-corrected chi connectivity index (χ4v) is 4.40. The van der Waals surface area contributed by atoms with Crippen LogP contribution < -0.4 is 9.67 Å². The van der Waals surface area contributed by atoms with Gasteiger partial charge in [0.2, 0.25) is 12.1 Å². The van der Waals surface area contributed by atoms with Crippen LogP contribution in [0.25, 0.3) is 5.76 Å². The minimum Gasteiger partial charge on any atom is -0.872 e. The highest BCUT2D eigenvalue weighted by Gasteiger charge is 2.44. The van der Waals surface area contributed by atoms with E-state index in [0.29, 0.717) is 29.8 Å². The van der Waals surface area contributed by atoms with Crippen molar-refractivity contribution in [3.63, 3.8) is 0 Å². The van der Waals surface area contributed by atoms with E-state index in [1.165, 1.54) is 12.0 Å². The molecule has 4 heterocycles. The zero-order valence-corrected chi connectivity index (χ0v) is 19.1. The number of imidazole rings is 1. The van der Waals surface area contributed by atoms with Gasteiger partial charge in [-0.3, -0.25) is 19.6 Å². The van der Waals surface area contributed by atoms with Crippen LogP contribution in [0.15, 0.2) is 48.8 Å². The summed E-state index contributed by atoms with van der Waals surface area (Å²) in [5, 5.41) is 13.7. The molecule has 34 heavy (non-hydrogen) atoms. The third-order valence-corrected chi connectivity index (χ3v) is 6.00. The number of nitrogens with one attached hydrogen (secondary N) is 2. The van der Waals surface area contributed by atoms with E-state index < -0.39 is 29.5 Å². The maximum Gasteiger partial charge on any atom is 0.354 e. The molecule has 0 spiro atoms. The molecule has 0 bridgehead atoms. The van der Waals surface area contributed by atoms with Crippen molar-refractivity contribution in [2.45, 2.75) is 32.9 Å². The lowest BCUT2D eigenvalue weighted by molar-refractivity contribution is -0.695. The summed E-state index contributed by atoms with van der Waals surface area (Å²) in [4.78, 5) is 49.7. The number of ketones is 1. The second-order valence-electron chi connectivity index (χ2n) is 8.08. The first-order chi connectivity index (χ1) is 16.3. The van der Waals surface area contributed by atoms with E-state index >= 15 is 0 Å². The zero-order valence-electron chi connectivity index (χ0n) is 19.1. The first-order valence-corrected chi connectivity index (χ1v) is 10.8. The molecule has 0 saturated carbocycles. The normalized spacial score (nSPS) is 17.4. The van der Waals surface area contributed by atoms with Gasteiger partial charge in [0.05, 0.1) is 19.7 Å². The molecule has 0 aromatic carbocycles. The molecular weight excluding hydrogens is 438 g/mol. The maximum atomic E-state index is 13.7. The predicted octanol–water partition coefficient (Wildman–Crippen LogP) is 0.743. The number of H-pyrrole nitrogens is 2. The molecular formula is C24H25N5O5. The molecule has 2 N–H and O–H groups in total. The quantitative estimate of drug-likeness (QED) is 0.174. The van der Waals surface area contributed by atoms with Gasteiger partial charge in [0.15, 0.2) is 0 Å².